The van der Waals surface area contributed by atoms with Gasteiger partial charge in [-0.25, -0.2) is 0 Å². The Hall–Kier alpha value is -0.0900. The van der Waals surface area contributed by atoms with Gasteiger partial charge in [-0.15, -0.1) is 0 Å². The minimum atomic E-state index is -0.514. The van der Waals surface area contributed by atoms with Crippen molar-refractivity contribution in [2.75, 3.05) is 0 Å². The van der Waals surface area contributed by atoms with E-state index in [-0.39, 0.29) is 5.41 Å². The summed E-state index contributed by atoms with van der Waals surface area (Å²) < 4.78 is 1.25. The summed E-state index contributed by atoms with van der Waals surface area (Å²) in [6.45, 7) is 4.37. The molecular weight excluding hydrogens is 311 g/mol. The number of benzene rings is 1. The minimum absolute atomic E-state index is 0.0516. The van der Waals surface area contributed by atoms with Gasteiger partial charge in [-0.2, -0.15) is 0 Å². The van der Waals surface area contributed by atoms with E-state index >= 15 is 0 Å². The van der Waals surface area contributed by atoms with Crippen LogP contribution in [0.15, 0.2) is 24.3 Å². The lowest BCUT2D eigenvalue weighted by molar-refractivity contribution is -0.0419. The van der Waals surface area contributed by atoms with Crippen LogP contribution in [0.1, 0.15) is 38.7 Å². The molecule has 0 radical (unpaired) electrons. The molecular formula is C14H19IO. The maximum Gasteiger partial charge on any atom is 0.0738 e. The highest BCUT2D eigenvalue weighted by Gasteiger charge is 2.46. The molecule has 1 atom stereocenters. The van der Waals surface area contributed by atoms with Crippen LogP contribution in [0.25, 0.3) is 0 Å². The van der Waals surface area contributed by atoms with Gasteiger partial charge in [0.15, 0.2) is 0 Å². The summed E-state index contributed by atoms with van der Waals surface area (Å²) in [5.41, 5.74) is 0.786. The summed E-state index contributed by atoms with van der Waals surface area (Å²) in [6.07, 6.45) is 4.00. The van der Waals surface area contributed by atoms with Gasteiger partial charge in [-0.05, 0) is 65.0 Å². The van der Waals surface area contributed by atoms with Crippen molar-refractivity contribution in [2.24, 2.45) is 5.41 Å². The summed E-state index contributed by atoms with van der Waals surface area (Å²) >= 11 is 2.31. The lowest BCUT2D eigenvalue weighted by Crippen LogP contribution is -2.41. The Balaban J connectivity index is 2.18. The molecule has 1 aromatic rings. The van der Waals surface area contributed by atoms with Crippen molar-refractivity contribution in [1.82, 2.24) is 0 Å². The average Bonchev–Trinajstić information content (AvgIpc) is 2.45. The van der Waals surface area contributed by atoms with E-state index in [4.69, 9.17) is 0 Å². The first-order valence-corrected chi connectivity index (χ1v) is 6.98. The first-order chi connectivity index (χ1) is 7.43. The van der Waals surface area contributed by atoms with E-state index in [9.17, 15) is 5.11 Å². The van der Waals surface area contributed by atoms with Gasteiger partial charge in [-0.3, -0.25) is 0 Å². The van der Waals surface area contributed by atoms with Crippen molar-refractivity contribution in [2.45, 2.75) is 45.1 Å². The molecule has 1 unspecified atom stereocenters. The predicted octanol–water partition coefficient (Wildman–Crippen LogP) is 3.77. The van der Waals surface area contributed by atoms with Gasteiger partial charge >= 0.3 is 0 Å². The molecule has 1 fully saturated rings. The number of aliphatic hydroxyl groups is 1. The summed E-state index contributed by atoms with van der Waals surface area (Å²) in [5, 5.41) is 10.7. The Bertz CT molecular complexity index is 369. The number of hydrogen-bond acceptors (Lipinski definition) is 1. The van der Waals surface area contributed by atoms with Gasteiger partial charge < -0.3 is 5.11 Å². The van der Waals surface area contributed by atoms with Gasteiger partial charge in [0, 0.05) is 9.99 Å². The maximum absolute atomic E-state index is 10.7. The van der Waals surface area contributed by atoms with E-state index in [1.807, 2.05) is 0 Å². The summed E-state index contributed by atoms with van der Waals surface area (Å²) in [7, 11) is 0. The third kappa shape index (κ3) is 2.28. The number of hydrogen-bond donors (Lipinski definition) is 1. The fourth-order valence-electron chi connectivity index (χ4n) is 2.66. The zero-order chi connectivity index (χ0) is 11.8. The van der Waals surface area contributed by atoms with Gasteiger partial charge in [0.1, 0.15) is 0 Å². The molecule has 16 heavy (non-hydrogen) atoms. The molecule has 0 heterocycles. The molecule has 1 aliphatic carbocycles. The molecule has 2 rings (SSSR count). The molecule has 1 nitrogen and oxygen atoms in total. The molecule has 1 saturated carbocycles. The fraction of sp³-hybridized carbons (Fsp3) is 0.571. The largest absolute Gasteiger partial charge is 0.389 e. The van der Waals surface area contributed by atoms with Crippen molar-refractivity contribution in [3.05, 3.63) is 33.4 Å². The van der Waals surface area contributed by atoms with Crippen molar-refractivity contribution in [1.29, 1.82) is 0 Å². The van der Waals surface area contributed by atoms with Crippen LogP contribution in [0.3, 0.4) is 0 Å². The third-order valence-electron chi connectivity index (χ3n) is 4.06. The quantitative estimate of drug-likeness (QED) is 0.819. The molecule has 0 aromatic heterocycles. The molecule has 1 N–H and O–H groups in total. The van der Waals surface area contributed by atoms with E-state index in [1.165, 1.54) is 9.13 Å². The molecule has 1 aliphatic rings. The Morgan fingerprint density at radius 3 is 2.31 bits per heavy atom. The van der Waals surface area contributed by atoms with E-state index in [1.54, 1.807) is 0 Å². The van der Waals surface area contributed by atoms with Crippen molar-refractivity contribution >= 4 is 22.6 Å². The molecule has 88 valence electrons. The van der Waals surface area contributed by atoms with Crippen LogP contribution in [0.4, 0.5) is 0 Å². The second kappa shape index (κ2) is 4.30. The highest BCUT2D eigenvalue weighted by molar-refractivity contribution is 14.1. The SMILES string of the molecule is CC1(C)CCCC1(O)Cc1ccc(I)cc1. The second-order valence-electron chi connectivity index (χ2n) is 5.57. The van der Waals surface area contributed by atoms with Crippen LogP contribution in [-0.4, -0.2) is 10.7 Å². The normalized spacial score (nSPS) is 28.2. The first kappa shape index (κ1) is 12.4. The Kier molecular flexibility index (Phi) is 3.32. The minimum Gasteiger partial charge on any atom is -0.389 e. The van der Waals surface area contributed by atoms with E-state index in [2.05, 4.69) is 60.7 Å². The first-order valence-electron chi connectivity index (χ1n) is 5.90. The average molecular weight is 330 g/mol. The lowest BCUT2D eigenvalue weighted by atomic mass is 9.74. The van der Waals surface area contributed by atoms with Crippen LogP contribution in [0, 0.1) is 8.99 Å². The predicted molar refractivity (Wildman–Crippen MR) is 75.4 cm³/mol. The molecule has 0 amide bonds. The number of rotatable bonds is 2. The van der Waals surface area contributed by atoms with Gasteiger partial charge in [0.2, 0.25) is 0 Å². The molecule has 0 aliphatic heterocycles. The smallest absolute Gasteiger partial charge is 0.0738 e. The van der Waals surface area contributed by atoms with Crippen molar-refractivity contribution in [3.63, 3.8) is 0 Å². The zero-order valence-electron chi connectivity index (χ0n) is 9.96. The van der Waals surface area contributed by atoms with E-state index in [0.717, 1.165) is 25.7 Å². The molecule has 2 heteroatoms. The number of halogens is 1. The van der Waals surface area contributed by atoms with Gasteiger partial charge in [-0.1, -0.05) is 26.0 Å². The molecule has 0 saturated heterocycles. The van der Waals surface area contributed by atoms with E-state index in [0.29, 0.717) is 0 Å². The molecule has 0 spiro atoms. The maximum atomic E-state index is 10.7. The molecule has 1 aromatic carbocycles. The Morgan fingerprint density at radius 1 is 1.19 bits per heavy atom. The van der Waals surface area contributed by atoms with Gasteiger partial charge in [0.05, 0.1) is 5.60 Å². The topological polar surface area (TPSA) is 20.2 Å². The lowest BCUT2D eigenvalue weighted by Gasteiger charge is -2.37. The Labute approximate surface area is 111 Å². The van der Waals surface area contributed by atoms with Crippen LogP contribution < -0.4 is 0 Å². The van der Waals surface area contributed by atoms with Crippen LogP contribution in [0.2, 0.25) is 0 Å². The molecule has 0 bridgehead atoms. The van der Waals surface area contributed by atoms with Crippen molar-refractivity contribution in [3.8, 4) is 0 Å². The highest BCUT2D eigenvalue weighted by Crippen LogP contribution is 2.47. The van der Waals surface area contributed by atoms with Crippen LogP contribution in [0.5, 0.6) is 0 Å². The highest BCUT2D eigenvalue weighted by atomic mass is 127. The summed E-state index contributed by atoms with van der Waals surface area (Å²) in [4.78, 5) is 0. The Morgan fingerprint density at radius 2 is 1.81 bits per heavy atom. The summed E-state index contributed by atoms with van der Waals surface area (Å²) in [6, 6.07) is 8.49. The second-order valence-corrected chi connectivity index (χ2v) is 6.82. The summed E-state index contributed by atoms with van der Waals surface area (Å²) in [5.74, 6) is 0. The van der Waals surface area contributed by atoms with Gasteiger partial charge in [0.25, 0.3) is 0 Å². The van der Waals surface area contributed by atoms with Crippen LogP contribution >= 0.6 is 22.6 Å². The zero-order valence-corrected chi connectivity index (χ0v) is 12.1. The fourth-order valence-corrected chi connectivity index (χ4v) is 3.02. The monoisotopic (exact) mass is 330 g/mol. The van der Waals surface area contributed by atoms with Crippen LogP contribution in [-0.2, 0) is 6.42 Å². The van der Waals surface area contributed by atoms with E-state index < -0.39 is 5.60 Å². The standard InChI is InChI=1S/C14H19IO/c1-13(2)8-3-9-14(13,16)10-11-4-6-12(15)7-5-11/h4-7,16H,3,8-10H2,1-2H3. The van der Waals surface area contributed by atoms with Crippen molar-refractivity contribution < 1.29 is 5.11 Å². The third-order valence-corrected chi connectivity index (χ3v) is 4.78.